The number of nitrogens with two attached hydrogens (primary N) is 2. The van der Waals surface area contributed by atoms with Gasteiger partial charge < -0.3 is 0 Å². The van der Waals surface area contributed by atoms with E-state index in [2.05, 4.69) is 20.0 Å². The number of esters is 1. The van der Waals surface area contributed by atoms with Crippen LogP contribution in [0.3, 0.4) is 0 Å². The molecule has 3 aromatic rings. The quantitative estimate of drug-likeness (QED) is 0.139. The van der Waals surface area contributed by atoms with Crippen LogP contribution in [0.4, 0.5) is 11.8 Å². The van der Waals surface area contributed by atoms with Crippen molar-refractivity contribution in [1.29, 1.82) is 0 Å². The number of nitrogens with one attached hydrogen (secondary N) is 1. The second-order valence-corrected chi connectivity index (χ2v) is 15.0. The van der Waals surface area contributed by atoms with Crippen LogP contribution < -0.4 is 21.1 Å². The zero-order valence-corrected chi connectivity index (χ0v) is 25.7. The van der Waals surface area contributed by atoms with Gasteiger partial charge in [0.05, 0.1) is 0 Å². The Hall–Kier alpha value is -2.88. The van der Waals surface area contributed by atoms with Gasteiger partial charge in [-0.1, -0.05) is 0 Å². The summed E-state index contributed by atoms with van der Waals surface area (Å²) in [5.74, 6) is -0.576. The van der Waals surface area contributed by atoms with Gasteiger partial charge >= 0.3 is 247 Å². The number of fused-ring (bicyclic) bond motifs is 1. The Labute approximate surface area is 247 Å². The van der Waals surface area contributed by atoms with Crippen molar-refractivity contribution in [2.45, 2.75) is 70.3 Å². The number of imidazole rings is 1. The van der Waals surface area contributed by atoms with Crippen molar-refractivity contribution in [3.8, 4) is 5.75 Å². The minimum atomic E-state index is -4.99. The first-order valence-electron chi connectivity index (χ1n) is 13.0. The number of hydrogen-bond acceptors (Lipinski definition) is 14. The first kappa shape index (κ1) is 32.0. The van der Waals surface area contributed by atoms with Crippen molar-refractivity contribution < 1.29 is 38.4 Å². The van der Waals surface area contributed by atoms with Gasteiger partial charge in [-0.25, -0.2) is 0 Å². The van der Waals surface area contributed by atoms with Crippen LogP contribution in [0.25, 0.3) is 11.2 Å². The molecule has 232 valence electrons. The Bertz CT molecular complexity index is 1470. The van der Waals surface area contributed by atoms with Crippen LogP contribution in [0.15, 0.2) is 30.6 Å². The molecule has 17 heteroatoms. The third-order valence-electron chi connectivity index (χ3n) is 6.54. The summed E-state index contributed by atoms with van der Waals surface area (Å²) in [7, 11) is -4.99. The molecule has 0 spiro atoms. The average Bonchev–Trinajstić information content (AvgIpc) is 3.36. The monoisotopic (exact) mass is 629 g/mol. The number of carbonyl (C=O) groups excluding carboxylic acids is 1. The standard InChI is InChI=1S/C25H37ClN7O8P/c1-13(2)39-22(35)24(3,4)32-42(6,37,41-15-9-7-14(26)8-10-15)38-11-16-18(34)25(5,36)21(40-16)33-12-29-17-19(27)30-23(28)31-20(17)33/h7-10,12-13,16,18,21,32,34,36-37H,11H2,1-6H3,(H4,27,28,30,31)/t16?,18-,21?,25-/m1/s1. The summed E-state index contributed by atoms with van der Waals surface area (Å²) in [5.41, 5.74) is 8.68. The van der Waals surface area contributed by atoms with Crippen molar-refractivity contribution in [1.82, 2.24) is 24.6 Å². The first-order chi connectivity index (χ1) is 19.3. The number of halogens is 1. The summed E-state index contributed by atoms with van der Waals surface area (Å²) in [6.45, 7) is 8.53. The topological polar surface area (TPSA) is 222 Å². The number of rotatable bonds is 10. The predicted molar refractivity (Wildman–Crippen MR) is 156 cm³/mol. The Morgan fingerprint density at radius 3 is 2.55 bits per heavy atom. The number of aliphatic hydroxyl groups excluding tert-OH is 1. The number of anilines is 2. The van der Waals surface area contributed by atoms with Crippen molar-refractivity contribution in [3.05, 3.63) is 35.6 Å². The molecule has 4 atom stereocenters. The number of nitrogens with zero attached hydrogens (tertiary/aromatic N) is 4. The second kappa shape index (κ2) is 11.0. The average molecular weight is 630 g/mol. The zero-order chi connectivity index (χ0) is 31.3. The molecular formula is C25H37ClN7O8P. The molecule has 2 aromatic heterocycles. The molecule has 1 saturated heterocycles. The van der Waals surface area contributed by atoms with Gasteiger partial charge in [0.25, 0.3) is 0 Å². The van der Waals surface area contributed by atoms with Gasteiger partial charge in [0.1, 0.15) is 0 Å². The fourth-order valence-electron chi connectivity index (χ4n) is 4.62. The summed E-state index contributed by atoms with van der Waals surface area (Å²) >= 11 is 6.00. The normalized spacial score (nSPS) is 24.1. The van der Waals surface area contributed by atoms with Crippen LogP contribution in [-0.2, 0) is 18.8 Å². The van der Waals surface area contributed by atoms with E-state index in [0.717, 1.165) is 0 Å². The van der Waals surface area contributed by atoms with Gasteiger partial charge in [0, 0.05) is 0 Å². The van der Waals surface area contributed by atoms with Gasteiger partial charge in [-0.15, -0.1) is 0 Å². The molecule has 3 heterocycles. The van der Waals surface area contributed by atoms with Gasteiger partial charge in [-0.3, -0.25) is 0 Å². The van der Waals surface area contributed by atoms with Crippen molar-refractivity contribution in [3.63, 3.8) is 0 Å². The molecule has 0 aliphatic carbocycles. The van der Waals surface area contributed by atoms with Crippen LogP contribution in [-0.4, -0.2) is 83.3 Å². The summed E-state index contributed by atoms with van der Waals surface area (Å²) < 4.78 is 24.7. The number of hydrogen-bond donors (Lipinski definition) is 6. The molecule has 4 rings (SSSR count). The zero-order valence-electron chi connectivity index (χ0n) is 24.1. The van der Waals surface area contributed by atoms with E-state index >= 15 is 0 Å². The Morgan fingerprint density at radius 2 is 1.93 bits per heavy atom. The molecular weight excluding hydrogens is 593 g/mol. The number of nitrogen functional groups attached to an aromatic ring is 2. The van der Waals surface area contributed by atoms with E-state index in [1.54, 1.807) is 26.0 Å². The van der Waals surface area contributed by atoms with E-state index in [9.17, 15) is 19.9 Å². The molecule has 42 heavy (non-hydrogen) atoms. The van der Waals surface area contributed by atoms with Crippen LogP contribution in [0.1, 0.15) is 40.8 Å². The van der Waals surface area contributed by atoms with Gasteiger partial charge in [0.2, 0.25) is 0 Å². The second-order valence-electron chi connectivity index (χ2n) is 11.3. The minimum absolute atomic E-state index is 0.0296. The summed E-state index contributed by atoms with van der Waals surface area (Å²) in [6, 6.07) is 6.13. The third kappa shape index (κ3) is 6.53. The van der Waals surface area contributed by atoms with Gasteiger partial charge in [0.15, 0.2) is 0 Å². The van der Waals surface area contributed by atoms with E-state index in [1.165, 1.54) is 50.5 Å². The molecule has 2 unspecified atom stereocenters. The van der Waals surface area contributed by atoms with Crippen molar-refractivity contribution >= 4 is 47.9 Å². The van der Waals surface area contributed by atoms with E-state index < -0.39 is 55.7 Å². The number of aromatic nitrogens is 4. The SMILES string of the molecule is CC(C)OC(=O)C(C)(C)NP(C)(O)(OCC1OC(n2cnc3c(N)nc(N)nc32)[C@](C)(O)[C@@H]1O)Oc1ccc(Cl)cc1. The molecule has 0 bridgehead atoms. The number of carbonyl (C=O) groups is 1. The summed E-state index contributed by atoms with van der Waals surface area (Å²) in [4.78, 5) is 37.1. The van der Waals surface area contributed by atoms with Gasteiger partial charge in [-0.05, 0) is 0 Å². The molecule has 1 fully saturated rings. The predicted octanol–water partition coefficient (Wildman–Crippen LogP) is 1.90. The molecule has 0 radical (unpaired) electrons. The van der Waals surface area contributed by atoms with Crippen molar-refractivity contribution in [2.24, 2.45) is 0 Å². The maximum absolute atomic E-state index is 12.9. The number of ether oxygens (including phenoxy) is 2. The number of benzene rings is 1. The van der Waals surface area contributed by atoms with Crippen LogP contribution >= 0.6 is 19.0 Å². The van der Waals surface area contributed by atoms with Gasteiger partial charge in [-0.2, -0.15) is 0 Å². The molecule has 1 aliphatic heterocycles. The first-order valence-corrected chi connectivity index (χ1v) is 15.9. The fraction of sp³-hybridized carbons (Fsp3) is 0.520. The molecule has 8 N–H and O–H groups in total. The third-order valence-corrected chi connectivity index (χ3v) is 9.25. The fourth-order valence-corrected chi connectivity index (χ4v) is 7.38. The Morgan fingerprint density at radius 1 is 1.29 bits per heavy atom. The van der Waals surface area contributed by atoms with Crippen molar-refractivity contribution in [2.75, 3.05) is 24.7 Å². The molecule has 1 aromatic carbocycles. The molecule has 0 saturated carbocycles. The van der Waals surface area contributed by atoms with E-state index in [1.807, 2.05) is 0 Å². The molecule has 15 nitrogen and oxygen atoms in total. The van der Waals surface area contributed by atoms with E-state index in [-0.39, 0.29) is 28.7 Å². The van der Waals surface area contributed by atoms with Crippen LogP contribution in [0.2, 0.25) is 5.02 Å². The maximum atomic E-state index is 12.9. The van der Waals surface area contributed by atoms with Crippen LogP contribution in [0, 0.1) is 0 Å². The Balaban J connectivity index is 1.63. The van der Waals surface area contributed by atoms with Crippen LogP contribution in [0.5, 0.6) is 5.75 Å². The summed E-state index contributed by atoms with van der Waals surface area (Å²) in [6.07, 6.45) is -3.04. The summed E-state index contributed by atoms with van der Waals surface area (Å²) in [5, 5.41) is 25.7. The molecule has 1 aliphatic rings. The molecule has 0 amide bonds. The van der Waals surface area contributed by atoms with E-state index in [0.29, 0.717) is 5.02 Å². The van der Waals surface area contributed by atoms with E-state index in [4.69, 9.17) is 41.6 Å². The number of aliphatic hydroxyl groups is 2. The Kier molecular flexibility index (Phi) is 8.39.